The Morgan fingerprint density at radius 1 is 1.00 bits per heavy atom. The summed E-state index contributed by atoms with van der Waals surface area (Å²) in [5, 5.41) is 5.50. The number of hydrogen-bond donors (Lipinski definition) is 1. The molecule has 0 bridgehead atoms. The minimum absolute atomic E-state index is 0.120. The molecule has 1 rings (SSSR count). The molecule has 0 aromatic heterocycles. The maximum atomic E-state index is 12.4. The molecule has 0 heterocycles. The second-order valence-electron chi connectivity index (χ2n) is 3.52. The lowest BCUT2D eigenvalue weighted by atomic mass is 10.1. The zero-order valence-corrected chi connectivity index (χ0v) is 8.94. The van der Waals surface area contributed by atoms with E-state index in [0.29, 0.717) is 0 Å². The molecule has 0 radical (unpaired) electrons. The summed E-state index contributed by atoms with van der Waals surface area (Å²) in [5.74, 6) is 0. The van der Waals surface area contributed by atoms with Gasteiger partial charge in [0.15, 0.2) is 0 Å². The quantitative estimate of drug-likeness (QED) is 0.816. The zero-order chi connectivity index (χ0) is 12.5. The van der Waals surface area contributed by atoms with Gasteiger partial charge in [0.25, 0.3) is 10.2 Å². The van der Waals surface area contributed by atoms with Crippen molar-refractivity contribution in [3.8, 4) is 0 Å². The van der Waals surface area contributed by atoms with Crippen LogP contribution in [0.5, 0.6) is 0 Å². The van der Waals surface area contributed by atoms with Gasteiger partial charge in [0, 0.05) is 0 Å². The van der Waals surface area contributed by atoms with Crippen molar-refractivity contribution in [1.82, 2.24) is 0 Å². The molecule has 0 amide bonds. The summed E-state index contributed by atoms with van der Waals surface area (Å²) in [6.45, 7) is -1.60. The van der Waals surface area contributed by atoms with E-state index >= 15 is 0 Å². The number of aliphatic hydroxyl groups is 1. The largest absolute Gasteiger partial charge is 0.395 e. The molecule has 0 aliphatic carbocycles. The van der Waals surface area contributed by atoms with Crippen LogP contribution in [0.15, 0.2) is 30.3 Å². The van der Waals surface area contributed by atoms with E-state index in [1.165, 1.54) is 24.3 Å². The van der Waals surface area contributed by atoms with Gasteiger partial charge in [0.05, 0.1) is 6.61 Å². The van der Waals surface area contributed by atoms with E-state index in [0.717, 1.165) is 0 Å². The minimum atomic E-state index is -9.62. The van der Waals surface area contributed by atoms with Crippen molar-refractivity contribution < 1.29 is 24.5 Å². The Morgan fingerprint density at radius 2 is 1.50 bits per heavy atom. The molecule has 7 heteroatoms. The fourth-order valence-corrected chi connectivity index (χ4v) is 2.03. The van der Waals surface area contributed by atoms with Crippen LogP contribution in [0.1, 0.15) is 5.56 Å². The first kappa shape index (κ1) is 13.2. The summed E-state index contributed by atoms with van der Waals surface area (Å²) < 4.78 is 62.0. The zero-order valence-electron chi connectivity index (χ0n) is 8.12. The lowest BCUT2D eigenvalue weighted by Crippen LogP contribution is -2.30. The van der Waals surface area contributed by atoms with E-state index < -0.39 is 28.5 Å². The molecule has 0 saturated heterocycles. The summed E-state index contributed by atoms with van der Waals surface area (Å²) in [5.41, 5.74) is 0.120. The predicted molar refractivity (Wildman–Crippen MR) is 54.2 cm³/mol. The van der Waals surface area contributed by atoms with Gasteiger partial charge >= 0.3 is 0 Å². The highest BCUT2D eigenvalue weighted by molar-refractivity contribution is 8.46. The molecule has 0 aliphatic rings. The van der Waals surface area contributed by atoms with Crippen LogP contribution in [-0.2, 0) is 6.42 Å². The summed E-state index contributed by atoms with van der Waals surface area (Å²) in [6, 6.07) is 7.10. The maximum Gasteiger partial charge on any atom is 0.290 e. The van der Waals surface area contributed by atoms with Crippen molar-refractivity contribution in [3.05, 3.63) is 35.9 Å². The van der Waals surface area contributed by atoms with Crippen molar-refractivity contribution in [2.45, 2.75) is 11.7 Å². The van der Waals surface area contributed by atoms with E-state index in [1.807, 2.05) is 0 Å². The Hall–Kier alpha value is -0.820. The monoisotopic (exact) mass is 262 g/mol. The Labute approximate surface area is 89.6 Å². The fraction of sp³-hybridized carbons (Fsp3) is 0.333. The highest BCUT2D eigenvalue weighted by atomic mass is 32.5. The maximum absolute atomic E-state index is 12.4. The lowest BCUT2D eigenvalue weighted by molar-refractivity contribution is 0.250. The Balaban J connectivity index is 2.96. The van der Waals surface area contributed by atoms with E-state index in [9.17, 15) is 19.4 Å². The first-order valence-corrected chi connectivity index (χ1v) is 6.42. The molecule has 1 N–H and O–H groups in total. The molecular weight excluding hydrogens is 251 g/mol. The van der Waals surface area contributed by atoms with Gasteiger partial charge in [-0.1, -0.05) is 49.8 Å². The van der Waals surface area contributed by atoms with Crippen LogP contribution >= 0.6 is 10.2 Å². The molecule has 1 aromatic carbocycles. The average molecular weight is 262 g/mol. The smallest absolute Gasteiger partial charge is 0.290 e. The predicted octanol–water partition coefficient (Wildman–Crippen LogP) is 3.89. The summed E-state index contributed by atoms with van der Waals surface area (Å²) >= 11 is 0. The van der Waals surface area contributed by atoms with Gasteiger partial charge in [-0.15, -0.1) is 0 Å². The van der Waals surface area contributed by atoms with E-state index in [4.69, 9.17) is 5.11 Å². The van der Waals surface area contributed by atoms with Gasteiger partial charge in [-0.05, 0) is 12.0 Å². The second kappa shape index (κ2) is 3.33. The minimum Gasteiger partial charge on any atom is -0.395 e. The lowest BCUT2D eigenvalue weighted by Gasteiger charge is -2.46. The summed E-state index contributed by atoms with van der Waals surface area (Å²) in [6.07, 6.45) is -0.907. The van der Waals surface area contributed by atoms with Crippen LogP contribution in [0.3, 0.4) is 0 Å². The molecule has 1 aromatic rings. The molecule has 94 valence electrons. The SMILES string of the molecule is OCC(Cc1ccccc1)S(F)(F)(F)(F)F. The molecule has 16 heavy (non-hydrogen) atoms. The fourth-order valence-electron chi connectivity index (χ4n) is 1.24. The van der Waals surface area contributed by atoms with Crippen LogP contribution in [0.4, 0.5) is 19.4 Å². The normalized spacial score (nSPS) is 18.6. The number of rotatable bonds is 4. The molecular formula is C9H11F5OS. The summed E-state index contributed by atoms with van der Waals surface area (Å²) in [7, 11) is -9.62. The standard InChI is InChI=1S/C9H11F5OS/c10-16(11,12,13,14)9(7-15)6-8-4-2-1-3-5-8/h1-5,9,15H,6-7H2. The number of aliphatic hydroxyl groups excluding tert-OH is 1. The van der Waals surface area contributed by atoms with E-state index in [2.05, 4.69) is 0 Å². The van der Waals surface area contributed by atoms with Crippen molar-refractivity contribution in [3.63, 3.8) is 0 Å². The summed E-state index contributed by atoms with van der Waals surface area (Å²) in [4.78, 5) is 0. The topological polar surface area (TPSA) is 20.2 Å². The van der Waals surface area contributed by atoms with E-state index in [1.54, 1.807) is 6.07 Å². The molecule has 0 aliphatic heterocycles. The molecule has 1 unspecified atom stereocenters. The Morgan fingerprint density at radius 3 is 1.88 bits per heavy atom. The van der Waals surface area contributed by atoms with Crippen molar-refractivity contribution in [2.24, 2.45) is 0 Å². The third-order valence-corrected chi connectivity index (χ3v) is 3.72. The number of halogens is 5. The first-order chi connectivity index (χ1) is 7.03. The van der Waals surface area contributed by atoms with Crippen LogP contribution in [0.2, 0.25) is 0 Å². The molecule has 0 saturated carbocycles. The number of hydrogen-bond acceptors (Lipinski definition) is 1. The van der Waals surface area contributed by atoms with Crippen LogP contribution in [0, 0.1) is 0 Å². The van der Waals surface area contributed by atoms with Gasteiger partial charge in [0.2, 0.25) is 0 Å². The van der Waals surface area contributed by atoms with Gasteiger partial charge in [-0.3, -0.25) is 0 Å². The third-order valence-electron chi connectivity index (χ3n) is 2.14. The van der Waals surface area contributed by atoms with Crippen molar-refractivity contribution in [1.29, 1.82) is 0 Å². The second-order valence-corrected chi connectivity index (χ2v) is 6.25. The average Bonchev–Trinajstić information content (AvgIpc) is 2.12. The Bertz CT molecular complexity index is 359. The Kier molecular flexibility index (Phi) is 2.76. The number of benzene rings is 1. The highest BCUT2D eigenvalue weighted by Crippen LogP contribution is 3.00. The first-order valence-electron chi connectivity index (χ1n) is 4.40. The molecule has 1 nitrogen and oxygen atoms in total. The third kappa shape index (κ3) is 3.64. The molecule has 1 atom stereocenters. The van der Waals surface area contributed by atoms with Gasteiger partial charge in [0.1, 0.15) is 5.25 Å². The molecule has 0 fully saturated rings. The van der Waals surface area contributed by atoms with Crippen LogP contribution < -0.4 is 0 Å². The van der Waals surface area contributed by atoms with Gasteiger partial charge in [-0.2, -0.15) is 0 Å². The molecule has 0 spiro atoms. The van der Waals surface area contributed by atoms with Gasteiger partial charge in [-0.25, -0.2) is 0 Å². The van der Waals surface area contributed by atoms with Crippen molar-refractivity contribution >= 4 is 10.2 Å². The van der Waals surface area contributed by atoms with Crippen LogP contribution in [-0.4, -0.2) is 17.0 Å². The van der Waals surface area contributed by atoms with Gasteiger partial charge < -0.3 is 5.11 Å². The van der Waals surface area contributed by atoms with Crippen LogP contribution in [0.25, 0.3) is 0 Å². The van der Waals surface area contributed by atoms with E-state index in [-0.39, 0.29) is 5.56 Å². The van der Waals surface area contributed by atoms with Crippen molar-refractivity contribution in [2.75, 3.05) is 6.61 Å². The highest BCUT2D eigenvalue weighted by Gasteiger charge is 2.69.